The summed E-state index contributed by atoms with van der Waals surface area (Å²) in [7, 11) is 4.06. The van der Waals surface area contributed by atoms with E-state index in [1.165, 1.54) is 22.4 Å². The number of benzene rings is 1. The molecule has 2 aromatic rings. The summed E-state index contributed by atoms with van der Waals surface area (Å²) >= 11 is 0. The van der Waals surface area contributed by atoms with Crippen molar-refractivity contribution in [3.05, 3.63) is 52.3 Å². The number of aryl methyl sites for hydroxylation is 3. The standard InChI is InChI=1S/C20H31N5.HI/c1-7-17-9-11-18(12-10-17)14-24(5)20(21-8-2)22-13-19-15(3)23-25(6)16(19)4;/h9-12H,7-8,13-14H2,1-6H3,(H,21,22);1H. The molecule has 5 nitrogen and oxygen atoms in total. The number of hydrogen-bond donors (Lipinski definition) is 1. The fraction of sp³-hybridized carbons (Fsp3) is 0.500. The van der Waals surface area contributed by atoms with Crippen LogP contribution in [0.1, 0.15) is 41.9 Å². The molecule has 1 aromatic heterocycles. The minimum absolute atomic E-state index is 0. The van der Waals surface area contributed by atoms with E-state index in [9.17, 15) is 0 Å². The Balaban J connectivity index is 0.00000338. The van der Waals surface area contributed by atoms with Gasteiger partial charge in [-0.1, -0.05) is 31.2 Å². The number of aliphatic imine (C=N–C) groups is 1. The Morgan fingerprint density at radius 2 is 1.77 bits per heavy atom. The molecule has 0 saturated carbocycles. The van der Waals surface area contributed by atoms with Gasteiger partial charge in [0.05, 0.1) is 12.2 Å². The van der Waals surface area contributed by atoms with Gasteiger partial charge < -0.3 is 10.2 Å². The van der Waals surface area contributed by atoms with Crippen LogP contribution in [0.5, 0.6) is 0 Å². The number of hydrogen-bond acceptors (Lipinski definition) is 2. The van der Waals surface area contributed by atoms with Crippen LogP contribution in [0.3, 0.4) is 0 Å². The van der Waals surface area contributed by atoms with E-state index in [0.29, 0.717) is 6.54 Å². The lowest BCUT2D eigenvalue weighted by Crippen LogP contribution is -2.38. The lowest BCUT2D eigenvalue weighted by atomic mass is 10.1. The molecule has 0 spiro atoms. The van der Waals surface area contributed by atoms with Gasteiger partial charge in [-0.15, -0.1) is 24.0 Å². The largest absolute Gasteiger partial charge is 0.357 e. The molecular weight excluding hydrogens is 437 g/mol. The van der Waals surface area contributed by atoms with E-state index < -0.39 is 0 Å². The lowest BCUT2D eigenvalue weighted by molar-refractivity contribution is 0.476. The van der Waals surface area contributed by atoms with Gasteiger partial charge in [0.1, 0.15) is 0 Å². The van der Waals surface area contributed by atoms with Crippen LogP contribution >= 0.6 is 24.0 Å². The lowest BCUT2D eigenvalue weighted by Gasteiger charge is -2.22. The van der Waals surface area contributed by atoms with Crippen molar-refractivity contribution >= 4 is 29.9 Å². The smallest absolute Gasteiger partial charge is 0.194 e. The molecule has 0 aliphatic rings. The third-order valence-corrected chi connectivity index (χ3v) is 4.59. The molecule has 0 amide bonds. The maximum Gasteiger partial charge on any atom is 0.194 e. The van der Waals surface area contributed by atoms with Gasteiger partial charge in [0.2, 0.25) is 0 Å². The van der Waals surface area contributed by atoms with Crippen LogP contribution in [-0.2, 0) is 26.6 Å². The molecule has 0 radical (unpaired) electrons. The first-order chi connectivity index (χ1) is 12.0. The van der Waals surface area contributed by atoms with Crippen LogP contribution in [0, 0.1) is 13.8 Å². The fourth-order valence-corrected chi connectivity index (χ4v) is 2.90. The Hall–Kier alpha value is -1.57. The topological polar surface area (TPSA) is 45.5 Å². The first-order valence-corrected chi connectivity index (χ1v) is 9.02. The average molecular weight is 469 g/mol. The molecule has 0 atom stereocenters. The highest BCUT2D eigenvalue weighted by Crippen LogP contribution is 2.13. The molecular formula is C20H32IN5. The van der Waals surface area contributed by atoms with E-state index in [4.69, 9.17) is 4.99 Å². The molecule has 0 aliphatic carbocycles. The number of nitrogens with one attached hydrogen (secondary N) is 1. The van der Waals surface area contributed by atoms with Crippen molar-refractivity contribution in [3.63, 3.8) is 0 Å². The Kier molecular flexibility index (Phi) is 9.12. The molecule has 144 valence electrons. The number of guanidine groups is 1. The summed E-state index contributed by atoms with van der Waals surface area (Å²) in [4.78, 5) is 7.00. The Morgan fingerprint density at radius 3 is 2.27 bits per heavy atom. The van der Waals surface area contributed by atoms with E-state index >= 15 is 0 Å². The van der Waals surface area contributed by atoms with Gasteiger partial charge in [0.15, 0.2) is 5.96 Å². The Morgan fingerprint density at radius 1 is 1.15 bits per heavy atom. The number of rotatable bonds is 6. The van der Waals surface area contributed by atoms with Gasteiger partial charge in [-0.05, 0) is 38.3 Å². The molecule has 1 aromatic carbocycles. The zero-order valence-electron chi connectivity index (χ0n) is 16.8. The summed E-state index contributed by atoms with van der Waals surface area (Å²) < 4.78 is 1.92. The fourth-order valence-electron chi connectivity index (χ4n) is 2.90. The minimum atomic E-state index is 0. The first kappa shape index (κ1) is 22.5. The molecule has 0 fully saturated rings. The minimum Gasteiger partial charge on any atom is -0.357 e. The Labute approximate surface area is 174 Å². The maximum absolute atomic E-state index is 4.83. The van der Waals surface area contributed by atoms with E-state index in [1.54, 1.807) is 0 Å². The second kappa shape index (κ2) is 10.5. The molecule has 0 bridgehead atoms. The molecule has 1 N–H and O–H groups in total. The van der Waals surface area contributed by atoms with Crippen LogP contribution < -0.4 is 5.32 Å². The monoisotopic (exact) mass is 469 g/mol. The highest BCUT2D eigenvalue weighted by Gasteiger charge is 2.11. The van der Waals surface area contributed by atoms with Crippen molar-refractivity contribution in [2.45, 2.75) is 47.2 Å². The summed E-state index contributed by atoms with van der Waals surface area (Å²) in [6, 6.07) is 8.81. The predicted octanol–water partition coefficient (Wildman–Crippen LogP) is 3.81. The van der Waals surface area contributed by atoms with E-state index in [1.807, 2.05) is 18.7 Å². The maximum atomic E-state index is 4.83. The second-order valence-electron chi connectivity index (χ2n) is 6.47. The zero-order valence-corrected chi connectivity index (χ0v) is 19.2. The van der Waals surface area contributed by atoms with Crippen molar-refractivity contribution in [2.75, 3.05) is 13.6 Å². The molecule has 0 saturated heterocycles. The van der Waals surface area contributed by atoms with Gasteiger partial charge in [0.25, 0.3) is 0 Å². The first-order valence-electron chi connectivity index (χ1n) is 9.02. The van der Waals surface area contributed by atoms with Crippen molar-refractivity contribution in [1.82, 2.24) is 20.0 Å². The second-order valence-corrected chi connectivity index (χ2v) is 6.47. The highest BCUT2D eigenvalue weighted by atomic mass is 127. The average Bonchev–Trinajstić information content (AvgIpc) is 2.84. The van der Waals surface area contributed by atoms with Crippen LogP contribution in [-0.4, -0.2) is 34.2 Å². The molecule has 0 aliphatic heterocycles. The van der Waals surface area contributed by atoms with Gasteiger partial charge in [-0.2, -0.15) is 5.10 Å². The predicted molar refractivity (Wildman–Crippen MR) is 120 cm³/mol. The normalized spacial score (nSPS) is 11.2. The molecule has 0 unspecified atom stereocenters. The van der Waals surface area contributed by atoms with Gasteiger partial charge in [-0.25, -0.2) is 4.99 Å². The number of nitrogens with zero attached hydrogens (tertiary/aromatic N) is 4. The van der Waals surface area contributed by atoms with Crippen LogP contribution in [0.2, 0.25) is 0 Å². The van der Waals surface area contributed by atoms with Crippen LogP contribution in [0.4, 0.5) is 0 Å². The summed E-state index contributed by atoms with van der Waals surface area (Å²) in [5.74, 6) is 0.921. The third-order valence-electron chi connectivity index (χ3n) is 4.59. The summed E-state index contributed by atoms with van der Waals surface area (Å²) in [6.45, 7) is 10.7. The number of halogens is 1. The van der Waals surface area contributed by atoms with Gasteiger partial charge in [0, 0.05) is 38.4 Å². The van der Waals surface area contributed by atoms with Gasteiger partial charge >= 0.3 is 0 Å². The van der Waals surface area contributed by atoms with E-state index in [2.05, 4.69) is 67.4 Å². The van der Waals surface area contributed by atoms with E-state index in [0.717, 1.165) is 31.2 Å². The highest BCUT2D eigenvalue weighted by molar-refractivity contribution is 14.0. The SMILES string of the molecule is CCNC(=NCc1c(C)nn(C)c1C)N(C)Cc1ccc(CC)cc1.I. The van der Waals surface area contributed by atoms with Crippen molar-refractivity contribution in [2.24, 2.45) is 12.0 Å². The third kappa shape index (κ3) is 5.72. The molecule has 26 heavy (non-hydrogen) atoms. The van der Waals surface area contributed by atoms with E-state index in [-0.39, 0.29) is 24.0 Å². The Bertz CT molecular complexity index is 719. The van der Waals surface area contributed by atoms with Crippen LogP contribution in [0.25, 0.3) is 0 Å². The van der Waals surface area contributed by atoms with Gasteiger partial charge in [-0.3, -0.25) is 4.68 Å². The quantitative estimate of drug-likeness (QED) is 0.398. The summed E-state index contributed by atoms with van der Waals surface area (Å²) in [5, 5.41) is 7.87. The van der Waals surface area contributed by atoms with Crippen molar-refractivity contribution < 1.29 is 0 Å². The summed E-state index contributed by atoms with van der Waals surface area (Å²) in [5.41, 5.74) is 6.10. The molecule has 6 heteroatoms. The van der Waals surface area contributed by atoms with Crippen molar-refractivity contribution in [3.8, 4) is 0 Å². The van der Waals surface area contributed by atoms with Crippen LogP contribution in [0.15, 0.2) is 29.3 Å². The molecule has 2 rings (SSSR count). The molecule has 1 heterocycles. The van der Waals surface area contributed by atoms with Crippen molar-refractivity contribution in [1.29, 1.82) is 0 Å². The summed E-state index contributed by atoms with van der Waals surface area (Å²) in [6.07, 6.45) is 1.07. The number of aromatic nitrogens is 2. The zero-order chi connectivity index (χ0) is 18.4.